The fourth-order valence-corrected chi connectivity index (χ4v) is 4.58. The van der Waals surface area contributed by atoms with Crippen molar-refractivity contribution in [2.24, 2.45) is 0 Å². The Bertz CT molecular complexity index is 905. The van der Waals surface area contributed by atoms with Gasteiger partial charge in [0.15, 0.2) is 0 Å². The fraction of sp³-hybridized carbons (Fsp3) is 0.500. The van der Waals surface area contributed by atoms with Crippen LogP contribution in [0.15, 0.2) is 48.5 Å². The summed E-state index contributed by atoms with van der Waals surface area (Å²) in [6.07, 6.45) is 2.24. The van der Waals surface area contributed by atoms with Crippen molar-refractivity contribution in [3.63, 3.8) is 0 Å². The van der Waals surface area contributed by atoms with Crippen molar-refractivity contribution in [1.82, 2.24) is 20.7 Å². The normalized spacial score (nSPS) is 22.6. The number of carbonyl (C=O) groups excluding carboxylic acids is 1. The standard InChI is InChI=1S/C26H36N4O2/c1-26(2,3)21-10-6-20(7-11-21)25(31)30-15-5-14-29(16-17-30)24-18-23(27-28-24)19-8-12-22(32-4)13-9-19/h6-13,23-24,27-28H,5,14-18H2,1-4H3. The Morgan fingerprint density at radius 1 is 0.938 bits per heavy atom. The van der Waals surface area contributed by atoms with E-state index in [4.69, 9.17) is 4.74 Å². The van der Waals surface area contributed by atoms with Crippen molar-refractivity contribution < 1.29 is 9.53 Å². The predicted molar refractivity (Wildman–Crippen MR) is 128 cm³/mol. The van der Waals surface area contributed by atoms with Crippen LogP contribution in [-0.2, 0) is 5.41 Å². The van der Waals surface area contributed by atoms with Gasteiger partial charge in [0, 0.05) is 37.8 Å². The zero-order valence-corrected chi connectivity index (χ0v) is 19.7. The van der Waals surface area contributed by atoms with E-state index in [1.54, 1.807) is 7.11 Å². The number of hydrogen-bond donors (Lipinski definition) is 2. The van der Waals surface area contributed by atoms with Gasteiger partial charge in [0.1, 0.15) is 5.75 Å². The van der Waals surface area contributed by atoms with Gasteiger partial charge in [-0.1, -0.05) is 45.0 Å². The largest absolute Gasteiger partial charge is 0.497 e. The van der Waals surface area contributed by atoms with Gasteiger partial charge in [-0.3, -0.25) is 9.69 Å². The molecule has 2 aromatic carbocycles. The number of amides is 1. The van der Waals surface area contributed by atoms with Crippen LogP contribution in [0.2, 0.25) is 0 Å². The van der Waals surface area contributed by atoms with Gasteiger partial charge < -0.3 is 9.64 Å². The molecule has 1 amide bonds. The van der Waals surface area contributed by atoms with E-state index in [1.807, 2.05) is 29.2 Å². The van der Waals surface area contributed by atoms with Crippen molar-refractivity contribution in [2.75, 3.05) is 33.3 Å². The molecule has 6 heteroatoms. The second-order valence-corrected chi connectivity index (χ2v) is 9.87. The van der Waals surface area contributed by atoms with Crippen LogP contribution in [0.4, 0.5) is 0 Å². The maximum atomic E-state index is 13.1. The van der Waals surface area contributed by atoms with Crippen LogP contribution in [0.25, 0.3) is 0 Å². The molecule has 2 atom stereocenters. The van der Waals surface area contributed by atoms with Gasteiger partial charge in [0.05, 0.1) is 13.3 Å². The van der Waals surface area contributed by atoms with E-state index in [2.05, 4.69) is 60.8 Å². The molecular weight excluding hydrogens is 400 g/mol. The van der Waals surface area contributed by atoms with Gasteiger partial charge >= 0.3 is 0 Å². The minimum absolute atomic E-state index is 0.0939. The summed E-state index contributed by atoms with van der Waals surface area (Å²) < 4.78 is 5.27. The minimum Gasteiger partial charge on any atom is -0.497 e. The quantitative estimate of drug-likeness (QED) is 0.765. The van der Waals surface area contributed by atoms with E-state index < -0.39 is 0 Å². The number of hydrazine groups is 1. The molecule has 4 rings (SSSR count). The molecule has 6 nitrogen and oxygen atoms in total. The number of rotatable bonds is 4. The van der Waals surface area contributed by atoms with Gasteiger partial charge in [-0.2, -0.15) is 0 Å². The maximum Gasteiger partial charge on any atom is 0.253 e. The number of nitrogens with one attached hydrogen (secondary N) is 2. The zero-order valence-electron chi connectivity index (χ0n) is 19.7. The lowest BCUT2D eigenvalue weighted by molar-refractivity contribution is 0.0756. The molecule has 2 N–H and O–H groups in total. The molecule has 172 valence electrons. The summed E-state index contributed by atoms with van der Waals surface area (Å²) in [5.74, 6) is 1.02. The van der Waals surface area contributed by atoms with E-state index in [0.717, 1.165) is 50.3 Å². The Balaban J connectivity index is 1.33. The highest BCUT2D eigenvalue weighted by atomic mass is 16.5. The summed E-state index contributed by atoms with van der Waals surface area (Å²) in [7, 11) is 1.69. The van der Waals surface area contributed by atoms with Crippen molar-refractivity contribution in [3.8, 4) is 5.75 Å². The lowest BCUT2D eigenvalue weighted by Crippen LogP contribution is -2.46. The molecular formula is C26H36N4O2. The Labute approximate surface area is 191 Å². The number of hydrogen-bond acceptors (Lipinski definition) is 5. The third-order valence-electron chi connectivity index (χ3n) is 6.66. The number of methoxy groups -OCH3 is 1. The van der Waals surface area contributed by atoms with Crippen molar-refractivity contribution in [3.05, 3.63) is 65.2 Å². The molecule has 2 aliphatic heterocycles. The lowest BCUT2D eigenvalue weighted by Gasteiger charge is -2.27. The van der Waals surface area contributed by atoms with Crippen LogP contribution in [-0.4, -0.2) is 55.2 Å². The van der Waals surface area contributed by atoms with E-state index in [-0.39, 0.29) is 23.5 Å². The molecule has 2 fully saturated rings. The van der Waals surface area contributed by atoms with Crippen LogP contribution >= 0.6 is 0 Å². The fourth-order valence-electron chi connectivity index (χ4n) is 4.58. The summed E-state index contributed by atoms with van der Waals surface area (Å²) in [5, 5.41) is 0. The van der Waals surface area contributed by atoms with Crippen molar-refractivity contribution >= 4 is 5.91 Å². The number of benzene rings is 2. The molecule has 2 saturated heterocycles. The van der Waals surface area contributed by atoms with Gasteiger partial charge in [-0.05, 0) is 53.6 Å². The Hall–Kier alpha value is -2.41. The molecule has 0 saturated carbocycles. The zero-order chi connectivity index (χ0) is 22.7. The molecule has 32 heavy (non-hydrogen) atoms. The third-order valence-corrected chi connectivity index (χ3v) is 6.66. The van der Waals surface area contributed by atoms with Crippen LogP contribution in [0, 0.1) is 0 Å². The maximum absolute atomic E-state index is 13.1. The summed E-state index contributed by atoms with van der Waals surface area (Å²) >= 11 is 0. The van der Waals surface area contributed by atoms with Gasteiger partial charge in [0.25, 0.3) is 5.91 Å². The average Bonchev–Trinajstić information content (AvgIpc) is 3.16. The first-order chi connectivity index (χ1) is 15.3. The Morgan fingerprint density at radius 3 is 2.31 bits per heavy atom. The monoisotopic (exact) mass is 436 g/mol. The summed E-state index contributed by atoms with van der Waals surface area (Å²) in [6, 6.07) is 16.7. The topological polar surface area (TPSA) is 56.8 Å². The van der Waals surface area contributed by atoms with Gasteiger partial charge in [-0.15, -0.1) is 0 Å². The second kappa shape index (κ2) is 9.61. The highest BCUT2D eigenvalue weighted by Crippen LogP contribution is 2.26. The molecule has 2 aromatic rings. The number of nitrogens with zero attached hydrogens (tertiary/aromatic N) is 2. The van der Waals surface area contributed by atoms with Crippen molar-refractivity contribution in [2.45, 2.75) is 51.2 Å². The molecule has 2 aliphatic rings. The molecule has 0 bridgehead atoms. The molecule has 2 unspecified atom stereocenters. The van der Waals surface area contributed by atoms with E-state index >= 15 is 0 Å². The van der Waals surface area contributed by atoms with Gasteiger partial charge in [0.2, 0.25) is 0 Å². The third kappa shape index (κ3) is 5.14. The molecule has 0 aliphatic carbocycles. The predicted octanol–water partition coefficient (Wildman–Crippen LogP) is 3.71. The second-order valence-electron chi connectivity index (χ2n) is 9.87. The first-order valence-corrected chi connectivity index (χ1v) is 11.6. The van der Waals surface area contributed by atoms with Crippen LogP contribution in [0.1, 0.15) is 61.1 Å². The Morgan fingerprint density at radius 2 is 1.66 bits per heavy atom. The summed E-state index contributed by atoms with van der Waals surface area (Å²) in [5.41, 5.74) is 10.3. The van der Waals surface area contributed by atoms with Gasteiger partial charge in [-0.25, -0.2) is 10.9 Å². The van der Waals surface area contributed by atoms with Crippen molar-refractivity contribution in [1.29, 1.82) is 0 Å². The molecule has 0 spiro atoms. The number of carbonyl (C=O) groups is 1. The van der Waals surface area contributed by atoms with Crippen LogP contribution in [0.3, 0.4) is 0 Å². The first kappa shape index (κ1) is 22.8. The van der Waals surface area contributed by atoms with Crippen LogP contribution in [0.5, 0.6) is 5.75 Å². The molecule has 0 aromatic heterocycles. The lowest BCUT2D eigenvalue weighted by atomic mass is 9.86. The van der Waals surface area contributed by atoms with E-state index in [1.165, 1.54) is 11.1 Å². The summed E-state index contributed by atoms with van der Waals surface area (Å²) in [6.45, 7) is 10.0. The molecule has 2 heterocycles. The smallest absolute Gasteiger partial charge is 0.253 e. The van der Waals surface area contributed by atoms with Crippen LogP contribution < -0.4 is 15.6 Å². The average molecular weight is 437 g/mol. The summed E-state index contributed by atoms with van der Waals surface area (Å²) in [4.78, 5) is 17.6. The SMILES string of the molecule is COc1ccc(C2CC(N3CCCN(C(=O)c4ccc(C(C)(C)C)cc4)CC3)NN2)cc1. The van der Waals surface area contributed by atoms with E-state index in [9.17, 15) is 4.79 Å². The highest BCUT2D eigenvalue weighted by molar-refractivity contribution is 5.94. The Kier molecular flexibility index (Phi) is 6.84. The number of ether oxygens (including phenoxy) is 1. The van der Waals surface area contributed by atoms with E-state index in [0.29, 0.717) is 0 Å². The minimum atomic E-state index is 0.0939. The molecule has 0 radical (unpaired) electrons. The first-order valence-electron chi connectivity index (χ1n) is 11.6. The highest BCUT2D eigenvalue weighted by Gasteiger charge is 2.31.